The molecule has 224 valence electrons. The summed E-state index contributed by atoms with van der Waals surface area (Å²) in [7, 11) is 0. The number of fused-ring (bicyclic) bond motifs is 2. The summed E-state index contributed by atoms with van der Waals surface area (Å²) in [4.78, 5) is 51.1. The van der Waals surface area contributed by atoms with E-state index in [1.807, 2.05) is 26.8 Å². The van der Waals surface area contributed by atoms with E-state index in [4.69, 9.17) is 10.5 Å². The van der Waals surface area contributed by atoms with Crippen molar-refractivity contribution in [2.45, 2.75) is 66.3 Å². The molecule has 0 fully saturated rings. The van der Waals surface area contributed by atoms with Crippen LogP contribution in [0.5, 0.6) is 0 Å². The van der Waals surface area contributed by atoms with Crippen molar-refractivity contribution in [3.8, 4) is 0 Å². The second-order valence-corrected chi connectivity index (χ2v) is 11.0. The number of primary amides is 1. The molecule has 1 aliphatic heterocycles. The number of aliphatic hydroxyl groups is 2. The van der Waals surface area contributed by atoms with Gasteiger partial charge in [0.05, 0.1) is 29.2 Å². The Bertz CT molecular complexity index is 1210. The molecule has 1 heterocycles. The van der Waals surface area contributed by atoms with E-state index in [2.05, 4.69) is 17.2 Å². The molecule has 0 aromatic heterocycles. The molecule has 0 saturated heterocycles. The van der Waals surface area contributed by atoms with Crippen LogP contribution in [0.1, 0.15) is 48.0 Å². The standard InChI is InChI=1S/C31H43N3O7/c1-8-12-33-25-23(35)15-22-28(38)24(25)27(37)20(6)13-18(4)26(36)19(5)14-21(7)29(41-31(32)40)16(2)10-9-11-17(3)30(39)34-22/h8-11,14-16,18-20,26-27,29,33,36-37H,1,12-13H2,2-7H3,(H2,32,40)(H,34,39)/b10-9-,17-11+,21-14+/t16-,18-,19-,20-,26-,27?,29+/m0/s1. The minimum Gasteiger partial charge on any atom is -0.441 e. The minimum absolute atomic E-state index is 0.0528. The molecule has 0 spiro atoms. The van der Waals surface area contributed by atoms with Crippen molar-refractivity contribution in [2.75, 3.05) is 6.54 Å². The van der Waals surface area contributed by atoms with Gasteiger partial charge in [0, 0.05) is 30.0 Å². The van der Waals surface area contributed by atoms with Crippen molar-refractivity contribution < 1.29 is 34.1 Å². The third kappa shape index (κ3) is 8.61. The zero-order chi connectivity index (χ0) is 31.0. The van der Waals surface area contributed by atoms with Crippen LogP contribution in [-0.2, 0) is 19.1 Å². The molecule has 0 saturated carbocycles. The maximum Gasteiger partial charge on any atom is 0.405 e. The normalized spacial score (nSPS) is 33.9. The maximum atomic E-state index is 13.5. The number of allylic oxidation sites excluding steroid dienone is 4. The number of Topliss-reactive ketones (excluding diaryl/α,β-unsaturated/α-hetero) is 1. The highest BCUT2D eigenvalue weighted by atomic mass is 16.6. The molecule has 7 atom stereocenters. The zero-order valence-electron chi connectivity index (χ0n) is 24.6. The van der Waals surface area contributed by atoms with E-state index in [0.29, 0.717) is 12.0 Å². The number of hydrogen-bond acceptors (Lipinski definition) is 8. The molecule has 1 aliphatic carbocycles. The van der Waals surface area contributed by atoms with Crippen LogP contribution in [0.3, 0.4) is 0 Å². The van der Waals surface area contributed by atoms with Gasteiger partial charge >= 0.3 is 6.09 Å². The Labute approximate surface area is 241 Å². The summed E-state index contributed by atoms with van der Waals surface area (Å²) in [5, 5.41) is 27.8. The highest BCUT2D eigenvalue weighted by Crippen LogP contribution is 2.30. The van der Waals surface area contributed by atoms with Gasteiger partial charge in [0.15, 0.2) is 0 Å². The monoisotopic (exact) mass is 569 g/mol. The number of ether oxygens (including phenoxy) is 1. The fraction of sp³-hybridized carbons (Fsp3) is 0.484. The molecule has 0 aromatic rings. The number of aliphatic hydroxyl groups excluding tert-OH is 2. The zero-order valence-corrected chi connectivity index (χ0v) is 24.6. The Morgan fingerprint density at radius 1 is 1.15 bits per heavy atom. The first kappa shape index (κ1) is 33.4. The summed E-state index contributed by atoms with van der Waals surface area (Å²) in [6.45, 7) is 14.3. The van der Waals surface area contributed by atoms with Crippen molar-refractivity contribution in [1.29, 1.82) is 0 Å². The predicted molar refractivity (Wildman–Crippen MR) is 156 cm³/mol. The quantitative estimate of drug-likeness (QED) is 0.254. The van der Waals surface area contributed by atoms with Gasteiger partial charge in [-0.15, -0.1) is 6.58 Å². The Hall–Kier alpha value is -3.76. The van der Waals surface area contributed by atoms with Gasteiger partial charge in [-0.05, 0) is 37.7 Å². The van der Waals surface area contributed by atoms with E-state index >= 15 is 0 Å². The Morgan fingerprint density at radius 3 is 2.41 bits per heavy atom. The smallest absolute Gasteiger partial charge is 0.405 e. The molecular formula is C31H43N3O7. The summed E-state index contributed by atoms with van der Waals surface area (Å²) < 4.78 is 5.38. The summed E-state index contributed by atoms with van der Waals surface area (Å²) in [5.41, 5.74) is 5.82. The highest BCUT2D eigenvalue weighted by molar-refractivity contribution is 6.24. The fourth-order valence-corrected chi connectivity index (χ4v) is 5.17. The minimum atomic E-state index is -1.36. The number of ketones is 2. The van der Waals surface area contributed by atoms with Gasteiger partial charge in [-0.3, -0.25) is 14.4 Å². The second-order valence-electron chi connectivity index (χ2n) is 11.0. The van der Waals surface area contributed by atoms with E-state index in [1.165, 1.54) is 12.2 Å². The average molecular weight is 570 g/mol. The highest BCUT2D eigenvalue weighted by Gasteiger charge is 2.37. The molecule has 0 radical (unpaired) electrons. The fourth-order valence-electron chi connectivity index (χ4n) is 5.17. The number of amides is 2. The summed E-state index contributed by atoms with van der Waals surface area (Å²) >= 11 is 0. The van der Waals surface area contributed by atoms with Crippen LogP contribution in [0, 0.1) is 23.7 Å². The molecule has 41 heavy (non-hydrogen) atoms. The van der Waals surface area contributed by atoms with Crippen LogP contribution in [0.25, 0.3) is 0 Å². The van der Waals surface area contributed by atoms with Crippen LogP contribution >= 0.6 is 0 Å². The van der Waals surface area contributed by atoms with Crippen LogP contribution in [0.2, 0.25) is 0 Å². The van der Waals surface area contributed by atoms with Crippen LogP contribution < -0.4 is 16.4 Å². The van der Waals surface area contributed by atoms with Gasteiger partial charge in [0.2, 0.25) is 11.6 Å². The van der Waals surface area contributed by atoms with Crippen molar-refractivity contribution in [3.63, 3.8) is 0 Å². The van der Waals surface area contributed by atoms with Crippen LogP contribution in [-0.4, -0.2) is 58.6 Å². The molecule has 2 bridgehead atoms. The van der Waals surface area contributed by atoms with E-state index in [1.54, 1.807) is 32.9 Å². The lowest BCUT2D eigenvalue weighted by Crippen LogP contribution is -2.41. The van der Waals surface area contributed by atoms with Gasteiger partial charge in [0.25, 0.3) is 5.91 Å². The molecular weight excluding hydrogens is 526 g/mol. The molecule has 10 nitrogen and oxygen atoms in total. The molecule has 2 rings (SSSR count). The Kier molecular flexibility index (Phi) is 12.0. The summed E-state index contributed by atoms with van der Waals surface area (Å²) in [5.74, 6) is -3.40. The third-order valence-electron chi connectivity index (χ3n) is 7.47. The number of rotatable bonds is 4. The molecule has 10 heteroatoms. The topological polar surface area (TPSA) is 168 Å². The maximum absolute atomic E-state index is 13.5. The van der Waals surface area contributed by atoms with Gasteiger partial charge < -0.3 is 31.3 Å². The van der Waals surface area contributed by atoms with E-state index in [9.17, 15) is 29.4 Å². The number of nitrogens with two attached hydrogens (primary N) is 1. The van der Waals surface area contributed by atoms with Crippen molar-refractivity contribution in [3.05, 3.63) is 71.1 Å². The molecule has 0 aromatic carbocycles. The second kappa shape index (κ2) is 14.7. The van der Waals surface area contributed by atoms with Gasteiger partial charge in [-0.2, -0.15) is 0 Å². The molecule has 2 amide bonds. The summed E-state index contributed by atoms with van der Waals surface area (Å²) in [6, 6.07) is 0. The lowest BCUT2D eigenvalue weighted by atomic mass is 9.80. The average Bonchev–Trinajstić information content (AvgIpc) is 2.90. The number of carbonyl (C=O) groups is 4. The van der Waals surface area contributed by atoms with Gasteiger partial charge in [-0.1, -0.05) is 58.1 Å². The first-order valence-electron chi connectivity index (χ1n) is 13.8. The molecule has 6 N–H and O–H groups in total. The number of hydrogen-bond donors (Lipinski definition) is 5. The first-order chi connectivity index (χ1) is 19.2. The summed E-state index contributed by atoms with van der Waals surface area (Å²) in [6.07, 6.45) is 5.73. The van der Waals surface area contributed by atoms with Crippen LogP contribution in [0.4, 0.5) is 4.79 Å². The van der Waals surface area contributed by atoms with E-state index in [-0.39, 0.29) is 46.8 Å². The van der Waals surface area contributed by atoms with Crippen molar-refractivity contribution >= 4 is 23.6 Å². The lowest BCUT2D eigenvalue weighted by Gasteiger charge is -2.31. The van der Waals surface area contributed by atoms with Gasteiger partial charge in [0.1, 0.15) is 6.10 Å². The van der Waals surface area contributed by atoms with Gasteiger partial charge in [-0.25, -0.2) is 4.79 Å². The lowest BCUT2D eigenvalue weighted by molar-refractivity contribution is -0.120. The third-order valence-corrected chi connectivity index (χ3v) is 7.47. The van der Waals surface area contributed by atoms with E-state index < -0.39 is 47.8 Å². The van der Waals surface area contributed by atoms with Crippen molar-refractivity contribution in [1.82, 2.24) is 10.6 Å². The SMILES string of the molecule is C=CCNC1=C2C(=O)C(=CC1=O)NC(=O)/C(C)=C/C=C\[C@H](C)[C@@H](OC(N)=O)/C(C)=C/[C@H](C)[C@@H](O)[C@@H](C)C[C@H](C)C2O. The van der Waals surface area contributed by atoms with E-state index in [0.717, 1.165) is 6.08 Å². The molecule has 1 unspecified atom stereocenters. The Balaban J connectivity index is 2.61. The van der Waals surface area contributed by atoms with Crippen molar-refractivity contribution in [2.24, 2.45) is 29.4 Å². The van der Waals surface area contributed by atoms with Crippen LogP contribution in [0.15, 0.2) is 71.1 Å². The number of nitrogens with one attached hydrogen (secondary N) is 2. The first-order valence-corrected chi connectivity index (χ1v) is 13.8. The molecule has 2 aliphatic rings. The largest absolute Gasteiger partial charge is 0.441 e. The Morgan fingerprint density at radius 2 is 1.80 bits per heavy atom. The number of carbonyl (C=O) groups excluding carboxylic acids is 4. The predicted octanol–water partition coefficient (Wildman–Crippen LogP) is 2.75.